The van der Waals surface area contributed by atoms with Gasteiger partial charge in [-0.1, -0.05) is 68.3 Å². The average Bonchev–Trinajstić information content (AvgIpc) is 3.65. The zero-order valence-corrected chi connectivity index (χ0v) is 25.2. The van der Waals surface area contributed by atoms with Crippen LogP contribution in [0.2, 0.25) is 0 Å². The summed E-state index contributed by atoms with van der Waals surface area (Å²) < 4.78 is 11.8. The lowest BCUT2D eigenvalue weighted by Crippen LogP contribution is -2.58. The van der Waals surface area contributed by atoms with Crippen LogP contribution in [0.4, 0.5) is 5.69 Å². The van der Waals surface area contributed by atoms with Gasteiger partial charge in [-0.25, -0.2) is 0 Å². The van der Waals surface area contributed by atoms with Crippen molar-refractivity contribution < 1.29 is 23.9 Å². The molecule has 0 radical (unpaired) electrons. The third-order valence-corrected chi connectivity index (χ3v) is 9.72. The first-order valence-corrected chi connectivity index (χ1v) is 15.5. The van der Waals surface area contributed by atoms with Crippen LogP contribution in [0.25, 0.3) is 0 Å². The second-order valence-electron chi connectivity index (χ2n) is 12.6. The molecule has 43 heavy (non-hydrogen) atoms. The molecule has 2 bridgehead atoms. The van der Waals surface area contributed by atoms with Gasteiger partial charge in [0, 0.05) is 37.4 Å². The number of amides is 3. The fourth-order valence-corrected chi connectivity index (χ4v) is 7.48. The van der Waals surface area contributed by atoms with Crippen LogP contribution in [0.15, 0.2) is 66.7 Å². The van der Waals surface area contributed by atoms with Crippen molar-refractivity contribution in [2.24, 2.45) is 17.8 Å². The summed E-state index contributed by atoms with van der Waals surface area (Å²) in [5.74, 6) is -1.25. The molecular formula is C34H42N4O5. The van der Waals surface area contributed by atoms with Crippen LogP contribution in [0.5, 0.6) is 5.75 Å². The third-order valence-electron chi connectivity index (χ3n) is 9.72. The van der Waals surface area contributed by atoms with Gasteiger partial charge in [0.15, 0.2) is 0 Å². The van der Waals surface area contributed by atoms with Crippen molar-refractivity contribution in [1.29, 1.82) is 0 Å². The molecule has 3 aliphatic heterocycles. The first-order valence-electron chi connectivity index (χ1n) is 15.5. The third kappa shape index (κ3) is 5.56. The number of methoxy groups -OCH3 is 1. The Bertz CT molecular complexity index is 1380. The zero-order valence-electron chi connectivity index (χ0n) is 25.2. The van der Waals surface area contributed by atoms with E-state index in [1.165, 1.54) is 12.0 Å². The van der Waals surface area contributed by atoms with Crippen LogP contribution in [0, 0.1) is 17.8 Å². The second kappa shape index (κ2) is 12.1. The number of carbonyl (C=O) groups excluding carboxylic acids is 3. The highest BCUT2D eigenvalue weighted by Gasteiger charge is 2.72. The van der Waals surface area contributed by atoms with E-state index < -0.39 is 29.6 Å². The Balaban J connectivity index is 1.25. The predicted octanol–water partition coefficient (Wildman–Crippen LogP) is 3.61. The highest BCUT2D eigenvalue weighted by Crippen LogP contribution is 2.55. The van der Waals surface area contributed by atoms with Gasteiger partial charge >= 0.3 is 0 Å². The SMILES string of the molecule is COc1cccc(NC(=O)[C@H]2[C@H]3C=C[C@@]4(O3)[C@H]2C(=O)N(CCN(C)Cc2ccccc2)[C@@H]4C(=O)N[C@@H]2CCCC[C@H]2C)c1. The Morgan fingerprint density at radius 3 is 2.65 bits per heavy atom. The molecule has 0 aromatic heterocycles. The summed E-state index contributed by atoms with van der Waals surface area (Å²) in [4.78, 5) is 46.0. The van der Waals surface area contributed by atoms with E-state index in [1.807, 2.05) is 37.4 Å². The predicted molar refractivity (Wildman–Crippen MR) is 163 cm³/mol. The van der Waals surface area contributed by atoms with Gasteiger partial charge in [-0.2, -0.15) is 0 Å². The summed E-state index contributed by atoms with van der Waals surface area (Å²) in [7, 11) is 3.58. The van der Waals surface area contributed by atoms with Crippen molar-refractivity contribution in [3.63, 3.8) is 0 Å². The number of nitrogens with one attached hydrogen (secondary N) is 2. The number of fused-ring (bicyclic) bond motifs is 1. The number of anilines is 1. The van der Waals surface area contributed by atoms with Crippen LogP contribution in [-0.4, -0.2) is 78.6 Å². The Kier molecular flexibility index (Phi) is 8.29. The Morgan fingerprint density at radius 2 is 1.88 bits per heavy atom. The molecule has 0 unspecified atom stereocenters. The molecular weight excluding hydrogens is 544 g/mol. The summed E-state index contributed by atoms with van der Waals surface area (Å²) in [6, 6.07) is 16.5. The maximum atomic E-state index is 14.3. The van der Waals surface area contributed by atoms with E-state index in [9.17, 15) is 14.4 Å². The van der Waals surface area contributed by atoms with Crippen molar-refractivity contribution in [1.82, 2.24) is 15.1 Å². The molecule has 9 nitrogen and oxygen atoms in total. The van der Waals surface area contributed by atoms with E-state index in [1.54, 1.807) is 36.3 Å². The summed E-state index contributed by atoms with van der Waals surface area (Å²) in [6.45, 7) is 3.82. The van der Waals surface area contributed by atoms with E-state index in [0.717, 1.165) is 25.8 Å². The molecule has 1 aliphatic carbocycles. The molecule has 7 atom stereocenters. The maximum Gasteiger partial charge on any atom is 0.246 e. The van der Waals surface area contributed by atoms with E-state index in [0.29, 0.717) is 30.4 Å². The van der Waals surface area contributed by atoms with E-state index in [2.05, 4.69) is 34.6 Å². The largest absolute Gasteiger partial charge is 0.497 e. The zero-order chi connectivity index (χ0) is 30.1. The van der Waals surface area contributed by atoms with Gasteiger partial charge < -0.3 is 29.9 Å². The molecule has 3 heterocycles. The second-order valence-corrected chi connectivity index (χ2v) is 12.6. The van der Waals surface area contributed by atoms with Crippen LogP contribution in [-0.2, 0) is 25.7 Å². The maximum absolute atomic E-state index is 14.3. The molecule has 3 amide bonds. The van der Waals surface area contributed by atoms with Crippen molar-refractivity contribution in [3.8, 4) is 5.75 Å². The number of carbonyl (C=O) groups is 3. The molecule has 4 aliphatic rings. The highest BCUT2D eigenvalue weighted by molar-refractivity contribution is 6.02. The molecule has 1 saturated carbocycles. The lowest BCUT2D eigenvalue weighted by molar-refractivity contribution is -0.141. The van der Waals surface area contributed by atoms with Crippen molar-refractivity contribution >= 4 is 23.4 Å². The number of hydrogen-bond acceptors (Lipinski definition) is 6. The van der Waals surface area contributed by atoms with Gasteiger partial charge in [0.2, 0.25) is 17.7 Å². The molecule has 2 aromatic carbocycles. The number of rotatable bonds is 10. The number of nitrogens with zero attached hydrogens (tertiary/aromatic N) is 2. The minimum atomic E-state index is -1.18. The quantitative estimate of drug-likeness (QED) is 0.413. The normalized spacial score (nSPS) is 30.9. The molecule has 9 heteroatoms. The minimum Gasteiger partial charge on any atom is -0.497 e. The lowest BCUT2D eigenvalue weighted by atomic mass is 9.74. The molecule has 2 saturated heterocycles. The van der Waals surface area contributed by atoms with Crippen LogP contribution in [0.1, 0.15) is 38.2 Å². The standard InChI is InChI=1S/C34H42N4O5/c1-22-10-7-8-15-26(22)36-32(40)30-34-17-16-27(43-34)28(31(39)35-24-13-9-14-25(20-24)42-3)29(34)33(41)38(30)19-18-37(2)21-23-11-5-4-6-12-23/h4-6,9,11-14,16-17,20,22,26-30H,7-8,10,15,18-19,21H2,1-3H3,(H,35,39)(H,36,40)/t22-,26-,27-,28+,29-,30-,34-/m1/s1. The van der Waals surface area contributed by atoms with Gasteiger partial charge in [-0.05, 0) is 43.5 Å². The Morgan fingerprint density at radius 1 is 1.09 bits per heavy atom. The van der Waals surface area contributed by atoms with Crippen molar-refractivity contribution in [2.45, 2.75) is 62.9 Å². The number of benzene rings is 2. The average molecular weight is 587 g/mol. The summed E-state index contributed by atoms with van der Waals surface area (Å²) >= 11 is 0. The van der Waals surface area contributed by atoms with Gasteiger partial charge in [-0.15, -0.1) is 0 Å². The number of hydrogen-bond donors (Lipinski definition) is 2. The first kappa shape index (κ1) is 29.4. The van der Waals surface area contributed by atoms with Crippen molar-refractivity contribution in [2.75, 3.05) is 32.6 Å². The number of ether oxygens (including phenoxy) is 2. The van der Waals surface area contributed by atoms with Crippen LogP contribution in [0.3, 0.4) is 0 Å². The smallest absolute Gasteiger partial charge is 0.246 e. The molecule has 6 rings (SSSR count). The van der Waals surface area contributed by atoms with E-state index in [4.69, 9.17) is 9.47 Å². The minimum absolute atomic E-state index is 0.0594. The molecule has 3 fully saturated rings. The Hall–Kier alpha value is -3.69. The molecule has 228 valence electrons. The summed E-state index contributed by atoms with van der Waals surface area (Å²) in [5, 5.41) is 6.27. The molecule has 2 aromatic rings. The highest BCUT2D eigenvalue weighted by atomic mass is 16.5. The fourth-order valence-electron chi connectivity index (χ4n) is 7.48. The summed E-state index contributed by atoms with van der Waals surface area (Å²) in [6.07, 6.45) is 7.39. The molecule has 1 spiro atoms. The lowest BCUT2D eigenvalue weighted by Gasteiger charge is -2.36. The summed E-state index contributed by atoms with van der Waals surface area (Å²) in [5.41, 5.74) is 0.571. The Labute approximate surface area is 253 Å². The number of likely N-dealkylation sites (N-methyl/N-ethyl adjacent to an activating group) is 1. The van der Waals surface area contributed by atoms with Gasteiger partial charge in [0.05, 0.1) is 25.0 Å². The van der Waals surface area contributed by atoms with Crippen molar-refractivity contribution in [3.05, 3.63) is 72.3 Å². The molecule has 2 N–H and O–H groups in total. The van der Waals surface area contributed by atoms with E-state index >= 15 is 0 Å². The first-order chi connectivity index (χ1) is 20.8. The van der Waals surface area contributed by atoms with Crippen LogP contribution >= 0.6 is 0 Å². The van der Waals surface area contributed by atoms with Gasteiger partial charge in [0.25, 0.3) is 0 Å². The fraction of sp³-hybridized carbons (Fsp3) is 0.500. The van der Waals surface area contributed by atoms with Crippen LogP contribution < -0.4 is 15.4 Å². The monoisotopic (exact) mass is 586 g/mol. The topological polar surface area (TPSA) is 100 Å². The number of likely N-dealkylation sites (tertiary alicyclic amines) is 1. The van der Waals surface area contributed by atoms with Gasteiger partial charge in [0.1, 0.15) is 17.4 Å². The van der Waals surface area contributed by atoms with E-state index in [-0.39, 0.29) is 23.8 Å². The van der Waals surface area contributed by atoms with Gasteiger partial charge in [-0.3, -0.25) is 14.4 Å².